The predicted octanol–water partition coefficient (Wildman–Crippen LogP) is 3.34. The third-order valence-corrected chi connectivity index (χ3v) is 3.34. The van der Waals surface area contributed by atoms with Crippen molar-refractivity contribution < 1.29 is 10.2 Å². The standard InChI is InChI=1S/C17H21NO2/c1-13(2)18(15-8-4-3-5-9-15)12-17(20)14-7-6-10-16(19)11-14/h3-11,13,17,19-20H,12H2,1-2H3/t17-/m0/s1. The molecule has 3 nitrogen and oxygen atoms in total. The highest BCUT2D eigenvalue weighted by molar-refractivity contribution is 5.47. The Morgan fingerprint density at radius 1 is 1.00 bits per heavy atom. The van der Waals surface area contributed by atoms with Crippen LogP contribution in [0.25, 0.3) is 0 Å². The minimum absolute atomic E-state index is 0.178. The number of phenolic OH excluding ortho intramolecular Hbond substituents is 1. The van der Waals surface area contributed by atoms with Gasteiger partial charge in [-0.1, -0.05) is 30.3 Å². The van der Waals surface area contributed by atoms with E-state index in [-0.39, 0.29) is 11.8 Å². The van der Waals surface area contributed by atoms with E-state index >= 15 is 0 Å². The van der Waals surface area contributed by atoms with Crippen molar-refractivity contribution in [3.63, 3.8) is 0 Å². The van der Waals surface area contributed by atoms with Crippen molar-refractivity contribution in [1.29, 1.82) is 0 Å². The summed E-state index contributed by atoms with van der Waals surface area (Å²) in [5.41, 5.74) is 1.81. The fourth-order valence-electron chi connectivity index (χ4n) is 2.26. The molecular formula is C17H21NO2. The molecular weight excluding hydrogens is 250 g/mol. The van der Waals surface area contributed by atoms with Gasteiger partial charge in [-0.3, -0.25) is 0 Å². The van der Waals surface area contributed by atoms with Crippen LogP contribution in [-0.4, -0.2) is 22.8 Å². The molecule has 0 unspecified atom stereocenters. The number of anilines is 1. The van der Waals surface area contributed by atoms with Crippen LogP contribution < -0.4 is 4.90 Å². The summed E-state index contributed by atoms with van der Waals surface area (Å²) in [4.78, 5) is 2.15. The number of hydrogen-bond acceptors (Lipinski definition) is 3. The number of rotatable bonds is 5. The topological polar surface area (TPSA) is 43.7 Å². The first-order chi connectivity index (χ1) is 9.58. The van der Waals surface area contributed by atoms with Gasteiger partial charge >= 0.3 is 0 Å². The molecule has 20 heavy (non-hydrogen) atoms. The number of aromatic hydroxyl groups is 1. The molecule has 106 valence electrons. The molecule has 2 aromatic rings. The number of aliphatic hydroxyl groups excluding tert-OH is 1. The molecule has 0 bridgehead atoms. The summed E-state index contributed by atoms with van der Waals surface area (Å²) in [5, 5.41) is 19.9. The maximum absolute atomic E-state index is 10.4. The molecule has 0 spiro atoms. The van der Waals surface area contributed by atoms with Crippen LogP contribution >= 0.6 is 0 Å². The fraction of sp³-hybridized carbons (Fsp3) is 0.294. The predicted molar refractivity (Wildman–Crippen MR) is 82.0 cm³/mol. The van der Waals surface area contributed by atoms with Crippen LogP contribution in [0.4, 0.5) is 5.69 Å². The van der Waals surface area contributed by atoms with Gasteiger partial charge in [-0.25, -0.2) is 0 Å². The zero-order valence-corrected chi connectivity index (χ0v) is 11.9. The number of benzene rings is 2. The second kappa shape index (κ2) is 6.44. The number of hydrogen-bond donors (Lipinski definition) is 2. The third kappa shape index (κ3) is 3.52. The molecule has 0 aliphatic rings. The quantitative estimate of drug-likeness (QED) is 0.876. The molecule has 0 aliphatic heterocycles. The van der Waals surface area contributed by atoms with E-state index < -0.39 is 6.10 Å². The van der Waals surface area contributed by atoms with Gasteiger partial charge in [0.2, 0.25) is 0 Å². The summed E-state index contributed by atoms with van der Waals surface area (Å²) >= 11 is 0. The maximum Gasteiger partial charge on any atom is 0.115 e. The molecule has 2 aromatic carbocycles. The molecule has 0 aromatic heterocycles. The smallest absolute Gasteiger partial charge is 0.115 e. The Labute approximate surface area is 120 Å². The van der Waals surface area contributed by atoms with Crippen molar-refractivity contribution in [2.45, 2.75) is 26.0 Å². The number of para-hydroxylation sites is 1. The molecule has 0 radical (unpaired) electrons. The average molecular weight is 271 g/mol. The number of aliphatic hydroxyl groups is 1. The highest BCUT2D eigenvalue weighted by Gasteiger charge is 2.16. The van der Waals surface area contributed by atoms with Gasteiger partial charge in [0, 0.05) is 18.3 Å². The van der Waals surface area contributed by atoms with Crippen molar-refractivity contribution in [3.05, 3.63) is 60.2 Å². The van der Waals surface area contributed by atoms with E-state index in [9.17, 15) is 10.2 Å². The summed E-state index contributed by atoms with van der Waals surface area (Å²) in [7, 11) is 0. The van der Waals surface area contributed by atoms with E-state index in [2.05, 4.69) is 18.7 Å². The zero-order valence-electron chi connectivity index (χ0n) is 11.9. The van der Waals surface area contributed by atoms with Crippen molar-refractivity contribution >= 4 is 5.69 Å². The Hall–Kier alpha value is -2.00. The van der Waals surface area contributed by atoms with E-state index in [1.165, 1.54) is 0 Å². The minimum atomic E-state index is -0.635. The third-order valence-electron chi connectivity index (χ3n) is 3.34. The van der Waals surface area contributed by atoms with E-state index in [1.807, 2.05) is 36.4 Å². The molecule has 0 saturated carbocycles. The van der Waals surface area contributed by atoms with Gasteiger partial charge in [0.25, 0.3) is 0 Å². The van der Waals surface area contributed by atoms with Gasteiger partial charge in [-0.2, -0.15) is 0 Å². The summed E-state index contributed by atoms with van der Waals surface area (Å²) in [6, 6.07) is 17.1. The highest BCUT2D eigenvalue weighted by Crippen LogP contribution is 2.23. The van der Waals surface area contributed by atoms with Crippen LogP contribution in [0.2, 0.25) is 0 Å². The Morgan fingerprint density at radius 2 is 1.70 bits per heavy atom. The molecule has 0 heterocycles. The van der Waals surface area contributed by atoms with Crippen LogP contribution in [0.15, 0.2) is 54.6 Å². The van der Waals surface area contributed by atoms with Crippen LogP contribution in [0.1, 0.15) is 25.5 Å². The van der Waals surface area contributed by atoms with Gasteiger partial charge in [0.1, 0.15) is 5.75 Å². The normalized spacial score (nSPS) is 12.4. The number of phenols is 1. The lowest BCUT2D eigenvalue weighted by Crippen LogP contribution is -2.34. The van der Waals surface area contributed by atoms with E-state index in [1.54, 1.807) is 18.2 Å². The second-order valence-electron chi connectivity index (χ2n) is 5.19. The average Bonchev–Trinajstić information content (AvgIpc) is 2.45. The monoisotopic (exact) mass is 271 g/mol. The molecule has 2 rings (SSSR count). The van der Waals surface area contributed by atoms with E-state index in [0.717, 1.165) is 11.3 Å². The summed E-state index contributed by atoms with van der Waals surface area (Å²) in [5.74, 6) is 0.178. The molecule has 2 N–H and O–H groups in total. The van der Waals surface area contributed by atoms with Gasteiger partial charge in [-0.15, -0.1) is 0 Å². The van der Waals surface area contributed by atoms with Crippen LogP contribution in [-0.2, 0) is 0 Å². The lowest BCUT2D eigenvalue weighted by molar-refractivity contribution is 0.181. The Morgan fingerprint density at radius 3 is 2.30 bits per heavy atom. The molecule has 0 saturated heterocycles. The summed E-state index contributed by atoms with van der Waals surface area (Å²) in [6.45, 7) is 4.69. The van der Waals surface area contributed by atoms with Gasteiger partial charge in [-0.05, 0) is 43.7 Å². The van der Waals surface area contributed by atoms with Crippen molar-refractivity contribution in [1.82, 2.24) is 0 Å². The first-order valence-corrected chi connectivity index (χ1v) is 6.86. The zero-order chi connectivity index (χ0) is 14.5. The largest absolute Gasteiger partial charge is 0.508 e. The highest BCUT2D eigenvalue weighted by atomic mass is 16.3. The van der Waals surface area contributed by atoms with E-state index in [0.29, 0.717) is 6.54 Å². The minimum Gasteiger partial charge on any atom is -0.508 e. The van der Waals surface area contributed by atoms with Crippen molar-refractivity contribution in [3.8, 4) is 5.75 Å². The second-order valence-corrected chi connectivity index (χ2v) is 5.19. The van der Waals surface area contributed by atoms with Crippen LogP contribution in [0.5, 0.6) is 5.75 Å². The maximum atomic E-state index is 10.4. The first-order valence-electron chi connectivity index (χ1n) is 6.86. The van der Waals surface area contributed by atoms with Crippen molar-refractivity contribution in [2.24, 2.45) is 0 Å². The Kier molecular flexibility index (Phi) is 4.64. The lowest BCUT2D eigenvalue weighted by Gasteiger charge is -2.31. The van der Waals surface area contributed by atoms with E-state index in [4.69, 9.17) is 0 Å². The molecule has 0 amide bonds. The fourth-order valence-corrected chi connectivity index (χ4v) is 2.26. The first kappa shape index (κ1) is 14.4. The van der Waals surface area contributed by atoms with Gasteiger partial charge in [0.05, 0.1) is 6.10 Å². The SMILES string of the molecule is CC(C)N(C[C@H](O)c1cccc(O)c1)c1ccccc1. The molecule has 0 fully saturated rings. The lowest BCUT2D eigenvalue weighted by atomic mass is 10.1. The number of nitrogens with zero attached hydrogens (tertiary/aromatic N) is 1. The van der Waals surface area contributed by atoms with Gasteiger partial charge in [0.15, 0.2) is 0 Å². The summed E-state index contributed by atoms with van der Waals surface area (Å²) < 4.78 is 0. The molecule has 0 aliphatic carbocycles. The van der Waals surface area contributed by atoms with Crippen LogP contribution in [0, 0.1) is 0 Å². The van der Waals surface area contributed by atoms with Crippen molar-refractivity contribution in [2.75, 3.05) is 11.4 Å². The van der Waals surface area contributed by atoms with Crippen LogP contribution in [0.3, 0.4) is 0 Å². The molecule has 3 heteroatoms. The summed E-state index contributed by atoms with van der Waals surface area (Å²) in [6.07, 6.45) is -0.635. The van der Waals surface area contributed by atoms with Gasteiger partial charge < -0.3 is 15.1 Å². The molecule has 1 atom stereocenters. The Bertz CT molecular complexity index is 540. The Balaban J connectivity index is 2.17.